The van der Waals surface area contributed by atoms with Gasteiger partial charge in [0, 0.05) is 5.56 Å². The smallest absolute Gasteiger partial charge is 0.131 e. The fourth-order valence-corrected chi connectivity index (χ4v) is 3.76. The van der Waals surface area contributed by atoms with Gasteiger partial charge in [-0.2, -0.15) is 0 Å². The molecule has 0 atom stereocenters. The standard InChI is InChI=1S/C23H22FN/c1-16-20(6-4-7-21(16)22-5-2-3-8-23(22)24)19-10-9-17-11-13-25-14-12-18(17)15-19/h2-10,15,25H,11-14H2,1H3. The van der Waals surface area contributed by atoms with Crippen molar-refractivity contribution in [1.82, 2.24) is 5.32 Å². The van der Waals surface area contributed by atoms with Gasteiger partial charge in [0.2, 0.25) is 0 Å². The van der Waals surface area contributed by atoms with E-state index in [0.29, 0.717) is 5.56 Å². The summed E-state index contributed by atoms with van der Waals surface area (Å²) in [4.78, 5) is 0. The van der Waals surface area contributed by atoms with Crippen molar-refractivity contribution >= 4 is 0 Å². The van der Waals surface area contributed by atoms with Crippen LogP contribution in [0.5, 0.6) is 0 Å². The molecule has 4 rings (SSSR count). The highest BCUT2D eigenvalue weighted by molar-refractivity contribution is 5.78. The largest absolute Gasteiger partial charge is 0.316 e. The van der Waals surface area contributed by atoms with Crippen LogP contribution in [0.4, 0.5) is 4.39 Å². The molecule has 0 bridgehead atoms. The molecule has 0 radical (unpaired) electrons. The molecule has 0 unspecified atom stereocenters. The maximum atomic E-state index is 14.3. The molecule has 3 aromatic carbocycles. The minimum absolute atomic E-state index is 0.171. The fraction of sp³-hybridized carbons (Fsp3) is 0.217. The number of hydrogen-bond acceptors (Lipinski definition) is 1. The van der Waals surface area contributed by atoms with E-state index in [9.17, 15) is 4.39 Å². The molecule has 0 aliphatic carbocycles. The zero-order chi connectivity index (χ0) is 17.2. The van der Waals surface area contributed by atoms with Gasteiger partial charge < -0.3 is 5.32 Å². The Morgan fingerprint density at radius 3 is 2.32 bits per heavy atom. The summed E-state index contributed by atoms with van der Waals surface area (Å²) in [6.07, 6.45) is 2.15. The van der Waals surface area contributed by atoms with Crippen molar-refractivity contribution < 1.29 is 4.39 Å². The number of rotatable bonds is 2. The highest BCUT2D eigenvalue weighted by atomic mass is 19.1. The van der Waals surface area contributed by atoms with E-state index >= 15 is 0 Å². The maximum Gasteiger partial charge on any atom is 0.131 e. The van der Waals surface area contributed by atoms with Crippen molar-refractivity contribution in [3.63, 3.8) is 0 Å². The third-order valence-corrected chi connectivity index (χ3v) is 5.16. The number of benzene rings is 3. The summed E-state index contributed by atoms with van der Waals surface area (Å²) in [5.41, 5.74) is 8.03. The van der Waals surface area contributed by atoms with Gasteiger partial charge in [-0.1, -0.05) is 54.6 Å². The fourth-order valence-electron chi connectivity index (χ4n) is 3.76. The topological polar surface area (TPSA) is 12.0 Å². The minimum atomic E-state index is -0.171. The molecule has 0 aromatic heterocycles. The number of nitrogens with one attached hydrogen (secondary N) is 1. The van der Waals surface area contributed by atoms with Crippen molar-refractivity contribution in [3.05, 3.63) is 83.2 Å². The van der Waals surface area contributed by atoms with E-state index in [4.69, 9.17) is 0 Å². The third-order valence-electron chi connectivity index (χ3n) is 5.16. The molecule has 3 aromatic rings. The Balaban J connectivity index is 1.81. The van der Waals surface area contributed by atoms with Gasteiger partial charge in [0.15, 0.2) is 0 Å². The first kappa shape index (κ1) is 16.0. The second-order valence-corrected chi connectivity index (χ2v) is 6.69. The molecule has 0 spiro atoms. The van der Waals surface area contributed by atoms with E-state index in [-0.39, 0.29) is 5.82 Å². The lowest BCUT2D eigenvalue weighted by Gasteiger charge is -2.14. The van der Waals surface area contributed by atoms with Gasteiger partial charge in [-0.15, -0.1) is 0 Å². The lowest BCUT2D eigenvalue weighted by Crippen LogP contribution is -2.16. The molecule has 0 saturated carbocycles. The Labute approximate surface area is 148 Å². The Morgan fingerprint density at radius 2 is 1.48 bits per heavy atom. The highest BCUT2D eigenvalue weighted by Gasteiger charge is 2.13. The van der Waals surface area contributed by atoms with Gasteiger partial charge in [-0.05, 0) is 72.3 Å². The zero-order valence-electron chi connectivity index (χ0n) is 14.5. The average Bonchev–Trinajstić information content (AvgIpc) is 2.87. The normalized spacial score (nSPS) is 14.0. The van der Waals surface area contributed by atoms with Crippen molar-refractivity contribution in [2.24, 2.45) is 0 Å². The Kier molecular flexibility index (Phi) is 4.37. The van der Waals surface area contributed by atoms with Gasteiger partial charge in [0.25, 0.3) is 0 Å². The quantitative estimate of drug-likeness (QED) is 0.684. The van der Waals surface area contributed by atoms with Crippen LogP contribution in [0.1, 0.15) is 16.7 Å². The third kappa shape index (κ3) is 3.10. The highest BCUT2D eigenvalue weighted by Crippen LogP contribution is 2.34. The molecule has 1 aliphatic rings. The second kappa shape index (κ2) is 6.81. The second-order valence-electron chi connectivity index (χ2n) is 6.69. The molecule has 1 aliphatic heterocycles. The van der Waals surface area contributed by atoms with Gasteiger partial charge in [0.05, 0.1) is 0 Å². The predicted molar refractivity (Wildman–Crippen MR) is 102 cm³/mol. The van der Waals surface area contributed by atoms with Crippen LogP contribution in [0, 0.1) is 12.7 Å². The monoisotopic (exact) mass is 331 g/mol. The van der Waals surface area contributed by atoms with Crippen LogP contribution in [0.15, 0.2) is 60.7 Å². The summed E-state index contributed by atoms with van der Waals surface area (Å²) in [5.74, 6) is -0.171. The van der Waals surface area contributed by atoms with E-state index in [0.717, 1.165) is 37.1 Å². The lowest BCUT2D eigenvalue weighted by molar-refractivity contribution is 0.631. The van der Waals surface area contributed by atoms with Crippen LogP contribution in [0.25, 0.3) is 22.3 Å². The first-order chi connectivity index (χ1) is 12.2. The number of hydrogen-bond donors (Lipinski definition) is 1. The van der Waals surface area contributed by atoms with Gasteiger partial charge in [-0.25, -0.2) is 4.39 Å². The average molecular weight is 331 g/mol. The van der Waals surface area contributed by atoms with E-state index < -0.39 is 0 Å². The molecule has 25 heavy (non-hydrogen) atoms. The van der Waals surface area contributed by atoms with Crippen molar-refractivity contribution in [3.8, 4) is 22.3 Å². The summed E-state index contributed by atoms with van der Waals surface area (Å²) in [6, 6.07) is 19.9. The molecular weight excluding hydrogens is 309 g/mol. The summed E-state index contributed by atoms with van der Waals surface area (Å²) in [7, 11) is 0. The van der Waals surface area contributed by atoms with Crippen LogP contribution in [-0.4, -0.2) is 13.1 Å². The number of fused-ring (bicyclic) bond motifs is 1. The van der Waals surface area contributed by atoms with Crippen LogP contribution >= 0.6 is 0 Å². The molecule has 0 amide bonds. The van der Waals surface area contributed by atoms with Crippen molar-refractivity contribution in [1.29, 1.82) is 0 Å². The molecule has 1 nitrogen and oxygen atoms in total. The van der Waals surface area contributed by atoms with Crippen LogP contribution in [0.2, 0.25) is 0 Å². The zero-order valence-corrected chi connectivity index (χ0v) is 14.5. The Morgan fingerprint density at radius 1 is 0.760 bits per heavy atom. The first-order valence-electron chi connectivity index (χ1n) is 8.91. The molecule has 0 saturated heterocycles. The SMILES string of the molecule is Cc1c(-c2ccc3c(c2)CCNCC3)cccc1-c1ccccc1F. The van der Waals surface area contributed by atoms with E-state index in [2.05, 4.69) is 36.5 Å². The lowest BCUT2D eigenvalue weighted by atomic mass is 9.90. The Hall–Kier alpha value is -2.45. The molecule has 0 fully saturated rings. The van der Waals surface area contributed by atoms with Crippen LogP contribution in [-0.2, 0) is 12.8 Å². The molecule has 126 valence electrons. The summed E-state index contributed by atoms with van der Waals surface area (Å²) < 4.78 is 14.3. The van der Waals surface area contributed by atoms with Crippen molar-refractivity contribution in [2.45, 2.75) is 19.8 Å². The van der Waals surface area contributed by atoms with Gasteiger partial charge >= 0.3 is 0 Å². The number of halogens is 1. The molecule has 1 heterocycles. The van der Waals surface area contributed by atoms with E-state index in [1.54, 1.807) is 6.07 Å². The van der Waals surface area contributed by atoms with E-state index in [1.807, 2.05) is 24.3 Å². The first-order valence-corrected chi connectivity index (χ1v) is 8.91. The molecule has 1 N–H and O–H groups in total. The maximum absolute atomic E-state index is 14.3. The predicted octanol–water partition coefficient (Wildman–Crippen LogP) is 5.16. The van der Waals surface area contributed by atoms with Crippen LogP contribution in [0.3, 0.4) is 0 Å². The van der Waals surface area contributed by atoms with Crippen molar-refractivity contribution in [2.75, 3.05) is 13.1 Å². The molecular formula is C23H22FN. The summed E-state index contributed by atoms with van der Waals surface area (Å²) in [6.45, 7) is 4.17. The van der Waals surface area contributed by atoms with Crippen LogP contribution < -0.4 is 5.32 Å². The summed E-state index contributed by atoms with van der Waals surface area (Å²) >= 11 is 0. The van der Waals surface area contributed by atoms with Gasteiger partial charge in [-0.3, -0.25) is 0 Å². The Bertz CT molecular complexity index is 914. The van der Waals surface area contributed by atoms with E-state index in [1.165, 1.54) is 28.3 Å². The summed E-state index contributed by atoms with van der Waals surface area (Å²) in [5, 5.41) is 3.46. The van der Waals surface area contributed by atoms with Gasteiger partial charge in [0.1, 0.15) is 5.82 Å². The molecule has 2 heteroatoms. The minimum Gasteiger partial charge on any atom is -0.316 e.